The molecule has 1 aromatic heterocycles. The molecule has 0 radical (unpaired) electrons. The molecule has 0 unspecified atom stereocenters. The van der Waals surface area contributed by atoms with Gasteiger partial charge in [-0.3, -0.25) is 19.1 Å². The van der Waals surface area contributed by atoms with Crippen LogP contribution in [0.25, 0.3) is 17.2 Å². The molecule has 3 aromatic rings. The normalized spacial score (nSPS) is 24.3. The molecule has 4 heterocycles. The van der Waals surface area contributed by atoms with Crippen molar-refractivity contribution in [1.82, 2.24) is 9.47 Å². The van der Waals surface area contributed by atoms with Gasteiger partial charge in [-0.1, -0.05) is 55.7 Å². The standard InChI is InChI=1S/C32H36N2O5/c35-22-24-10-11-27-28(20-24)39-31(37)34(27)16-5-2-7-23-8-6-9-26(19-23)32(14-3-1-4-15-32)30(36)38-29-21-33-17-12-25(29)13-18-33/h2,6-11,19-20,22,25,29H,1,3-5,12-18,21H2/t29-/m0/s1. The third kappa shape index (κ3) is 5.12. The largest absolute Gasteiger partial charge is 0.460 e. The molecule has 4 aliphatic rings. The molecule has 39 heavy (non-hydrogen) atoms. The van der Waals surface area contributed by atoms with Crippen LogP contribution < -0.4 is 5.76 Å². The Labute approximate surface area is 228 Å². The van der Waals surface area contributed by atoms with Gasteiger partial charge in [0.25, 0.3) is 0 Å². The lowest BCUT2D eigenvalue weighted by molar-refractivity contribution is -0.167. The number of rotatable bonds is 8. The van der Waals surface area contributed by atoms with Gasteiger partial charge in [0.1, 0.15) is 12.4 Å². The van der Waals surface area contributed by atoms with Gasteiger partial charge in [0.05, 0.1) is 10.9 Å². The molecule has 0 amide bonds. The Bertz CT molecular complexity index is 1440. The van der Waals surface area contributed by atoms with Crippen molar-refractivity contribution >= 4 is 29.4 Å². The van der Waals surface area contributed by atoms with E-state index in [4.69, 9.17) is 9.15 Å². The zero-order chi connectivity index (χ0) is 26.8. The number of ether oxygens (including phenoxy) is 1. The number of oxazole rings is 1. The van der Waals surface area contributed by atoms with Crippen molar-refractivity contribution in [1.29, 1.82) is 0 Å². The van der Waals surface area contributed by atoms with E-state index in [0.717, 1.165) is 82.0 Å². The van der Waals surface area contributed by atoms with E-state index in [1.165, 1.54) is 0 Å². The minimum absolute atomic E-state index is 0.0225. The highest BCUT2D eigenvalue weighted by molar-refractivity contribution is 5.84. The van der Waals surface area contributed by atoms with E-state index in [0.29, 0.717) is 35.5 Å². The molecular weight excluding hydrogens is 492 g/mol. The van der Waals surface area contributed by atoms with Crippen molar-refractivity contribution in [2.24, 2.45) is 5.92 Å². The van der Waals surface area contributed by atoms with Crippen LogP contribution in [0.2, 0.25) is 0 Å². The molecule has 3 aliphatic heterocycles. The van der Waals surface area contributed by atoms with Crippen LogP contribution in [0.1, 0.15) is 72.9 Å². The van der Waals surface area contributed by atoms with Gasteiger partial charge in [0, 0.05) is 18.7 Å². The molecule has 0 spiro atoms. The summed E-state index contributed by atoms with van der Waals surface area (Å²) in [6, 6.07) is 13.3. The van der Waals surface area contributed by atoms with E-state index in [-0.39, 0.29) is 12.1 Å². The van der Waals surface area contributed by atoms with Crippen LogP contribution in [0, 0.1) is 5.92 Å². The quantitative estimate of drug-likeness (QED) is 0.290. The molecule has 1 saturated carbocycles. The zero-order valence-electron chi connectivity index (χ0n) is 22.3. The molecule has 7 heteroatoms. The van der Waals surface area contributed by atoms with Crippen molar-refractivity contribution in [2.75, 3.05) is 19.6 Å². The van der Waals surface area contributed by atoms with Crippen LogP contribution in [0.3, 0.4) is 0 Å². The van der Waals surface area contributed by atoms with E-state index in [9.17, 15) is 14.4 Å². The van der Waals surface area contributed by atoms with Gasteiger partial charge >= 0.3 is 11.7 Å². The predicted molar refractivity (Wildman–Crippen MR) is 150 cm³/mol. The van der Waals surface area contributed by atoms with Gasteiger partial charge in [-0.15, -0.1) is 0 Å². The van der Waals surface area contributed by atoms with Crippen LogP contribution in [-0.4, -0.2) is 47.5 Å². The lowest BCUT2D eigenvalue weighted by atomic mass is 9.69. The fraction of sp³-hybridized carbons (Fsp3) is 0.469. The maximum atomic E-state index is 13.8. The first-order valence-corrected chi connectivity index (χ1v) is 14.3. The Balaban J connectivity index is 1.17. The van der Waals surface area contributed by atoms with Crippen molar-refractivity contribution in [3.8, 4) is 0 Å². The Morgan fingerprint density at radius 3 is 2.62 bits per heavy atom. The fourth-order valence-electron chi connectivity index (χ4n) is 6.79. The summed E-state index contributed by atoms with van der Waals surface area (Å²) in [4.78, 5) is 39.6. The van der Waals surface area contributed by atoms with E-state index in [1.54, 1.807) is 22.8 Å². The summed E-state index contributed by atoms with van der Waals surface area (Å²) in [5, 5.41) is 0. The van der Waals surface area contributed by atoms with E-state index >= 15 is 0 Å². The number of benzene rings is 2. The molecule has 7 rings (SSSR count). The summed E-state index contributed by atoms with van der Waals surface area (Å²) in [5.74, 6) is 0.0380. The number of carbonyl (C=O) groups is 2. The highest BCUT2D eigenvalue weighted by atomic mass is 16.5. The summed E-state index contributed by atoms with van der Waals surface area (Å²) in [7, 11) is 0. The number of fused-ring (bicyclic) bond motifs is 4. The molecule has 3 saturated heterocycles. The Morgan fingerprint density at radius 2 is 1.87 bits per heavy atom. The lowest BCUT2D eigenvalue weighted by Gasteiger charge is -2.45. The third-order valence-corrected chi connectivity index (χ3v) is 9.05. The molecule has 0 N–H and O–H groups in total. The molecule has 1 aliphatic carbocycles. The topological polar surface area (TPSA) is 81.8 Å². The summed E-state index contributed by atoms with van der Waals surface area (Å²) < 4.78 is 13.2. The predicted octanol–water partition coefficient (Wildman–Crippen LogP) is 5.35. The minimum Gasteiger partial charge on any atom is -0.460 e. The molecule has 7 nitrogen and oxygen atoms in total. The summed E-state index contributed by atoms with van der Waals surface area (Å²) in [5.41, 5.74) is 3.10. The van der Waals surface area contributed by atoms with Gasteiger partial charge in [0.2, 0.25) is 0 Å². The first-order chi connectivity index (χ1) is 19.1. The van der Waals surface area contributed by atoms with E-state index in [2.05, 4.69) is 29.2 Å². The Hall–Kier alpha value is -3.45. The molecule has 204 valence electrons. The highest BCUT2D eigenvalue weighted by Crippen LogP contribution is 2.42. The number of aromatic nitrogens is 1. The smallest absolute Gasteiger partial charge is 0.419 e. The monoisotopic (exact) mass is 528 g/mol. The van der Waals surface area contributed by atoms with E-state index in [1.807, 2.05) is 12.1 Å². The van der Waals surface area contributed by atoms with Gasteiger partial charge in [0.15, 0.2) is 5.58 Å². The van der Waals surface area contributed by atoms with Gasteiger partial charge in [-0.2, -0.15) is 0 Å². The molecule has 1 atom stereocenters. The first kappa shape index (κ1) is 25.8. The summed E-state index contributed by atoms with van der Waals surface area (Å²) in [6.45, 7) is 3.61. The maximum Gasteiger partial charge on any atom is 0.419 e. The van der Waals surface area contributed by atoms with Crippen molar-refractivity contribution < 1.29 is 18.7 Å². The lowest BCUT2D eigenvalue weighted by Crippen LogP contribution is -2.53. The maximum absolute atomic E-state index is 13.8. The van der Waals surface area contributed by atoms with Crippen LogP contribution in [0.4, 0.5) is 0 Å². The summed E-state index contributed by atoms with van der Waals surface area (Å²) in [6.07, 6.45) is 12.7. The van der Waals surface area contributed by atoms with Crippen LogP contribution in [0.15, 0.2) is 57.8 Å². The number of carbonyl (C=O) groups excluding carboxylic acids is 2. The first-order valence-electron chi connectivity index (χ1n) is 14.3. The summed E-state index contributed by atoms with van der Waals surface area (Å²) >= 11 is 0. The van der Waals surface area contributed by atoms with Crippen LogP contribution in [0.5, 0.6) is 0 Å². The number of hydrogen-bond acceptors (Lipinski definition) is 6. The van der Waals surface area contributed by atoms with Gasteiger partial charge in [-0.25, -0.2) is 4.79 Å². The number of esters is 1. The van der Waals surface area contributed by atoms with Crippen molar-refractivity contribution in [3.63, 3.8) is 0 Å². The van der Waals surface area contributed by atoms with Crippen LogP contribution >= 0.6 is 0 Å². The molecule has 2 aromatic carbocycles. The zero-order valence-corrected chi connectivity index (χ0v) is 22.3. The molecular formula is C32H36N2O5. The second kappa shape index (κ2) is 11.0. The van der Waals surface area contributed by atoms with Gasteiger partial charge in [-0.05, 0) is 80.4 Å². The number of hydrogen-bond donors (Lipinski definition) is 0. The third-order valence-electron chi connectivity index (χ3n) is 9.05. The number of nitrogens with zero attached hydrogens (tertiary/aromatic N) is 2. The SMILES string of the molecule is O=Cc1ccc2c(c1)oc(=O)n2CCC=Cc1cccc(C2(C(=O)O[C@H]3CN4CCC3CC4)CCCCC2)c1. The number of allylic oxidation sites excluding steroid dienone is 1. The highest BCUT2D eigenvalue weighted by Gasteiger charge is 2.45. The fourth-order valence-corrected chi connectivity index (χ4v) is 6.79. The number of aryl methyl sites for hydroxylation is 1. The second-order valence-electron chi connectivity index (χ2n) is 11.4. The van der Waals surface area contributed by atoms with Crippen molar-refractivity contribution in [2.45, 2.75) is 69.4 Å². The molecule has 2 bridgehead atoms. The minimum atomic E-state index is -0.572. The Morgan fingerprint density at radius 1 is 1.05 bits per heavy atom. The number of piperidine rings is 3. The molecule has 4 fully saturated rings. The van der Waals surface area contributed by atoms with Crippen LogP contribution in [-0.2, 0) is 21.5 Å². The van der Waals surface area contributed by atoms with E-state index < -0.39 is 11.2 Å². The number of aldehydes is 1. The second-order valence-corrected chi connectivity index (χ2v) is 11.4. The van der Waals surface area contributed by atoms with Crippen molar-refractivity contribution in [3.05, 3.63) is 75.8 Å². The van der Waals surface area contributed by atoms with Gasteiger partial charge < -0.3 is 9.15 Å². The average molecular weight is 529 g/mol. The Kier molecular flexibility index (Phi) is 7.26. The average Bonchev–Trinajstić information content (AvgIpc) is 3.30.